The van der Waals surface area contributed by atoms with Crippen molar-refractivity contribution in [3.05, 3.63) is 0 Å². The predicted molar refractivity (Wildman–Crippen MR) is 75.5 cm³/mol. The zero-order valence-corrected chi connectivity index (χ0v) is 12.0. The number of nitrogens with zero attached hydrogens (tertiary/aromatic N) is 2. The lowest BCUT2D eigenvalue weighted by molar-refractivity contribution is 0.136. The SMILES string of the molecule is CCN1CCN(CCCNCCC(C)C)CC1. The molecular formula is C14H31N3. The Kier molecular flexibility index (Phi) is 7.82. The Labute approximate surface area is 108 Å². The van der Waals surface area contributed by atoms with Crippen molar-refractivity contribution in [3.63, 3.8) is 0 Å². The van der Waals surface area contributed by atoms with E-state index in [1.54, 1.807) is 0 Å². The summed E-state index contributed by atoms with van der Waals surface area (Å²) in [6, 6.07) is 0. The Morgan fingerprint density at radius 3 is 2.24 bits per heavy atom. The Morgan fingerprint density at radius 1 is 1.00 bits per heavy atom. The van der Waals surface area contributed by atoms with Gasteiger partial charge in [0, 0.05) is 26.2 Å². The minimum absolute atomic E-state index is 0.824. The van der Waals surface area contributed by atoms with E-state index < -0.39 is 0 Å². The first-order valence-electron chi connectivity index (χ1n) is 7.37. The van der Waals surface area contributed by atoms with E-state index in [4.69, 9.17) is 0 Å². The van der Waals surface area contributed by atoms with Gasteiger partial charge in [-0.1, -0.05) is 20.8 Å². The van der Waals surface area contributed by atoms with Crippen LogP contribution in [0.1, 0.15) is 33.6 Å². The lowest BCUT2D eigenvalue weighted by atomic mass is 10.1. The molecule has 0 aliphatic carbocycles. The van der Waals surface area contributed by atoms with Gasteiger partial charge in [0.2, 0.25) is 0 Å². The van der Waals surface area contributed by atoms with Crippen molar-refractivity contribution >= 4 is 0 Å². The summed E-state index contributed by atoms with van der Waals surface area (Å²) >= 11 is 0. The lowest BCUT2D eigenvalue weighted by Gasteiger charge is -2.34. The molecule has 0 spiro atoms. The number of rotatable bonds is 8. The first-order valence-corrected chi connectivity index (χ1v) is 7.37. The van der Waals surface area contributed by atoms with Gasteiger partial charge in [-0.3, -0.25) is 0 Å². The maximum atomic E-state index is 3.54. The Morgan fingerprint density at radius 2 is 1.65 bits per heavy atom. The molecule has 3 nitrogen and oxygen atoms in total. The van der Waals surface area contributed by atoms with E-state index in [1.807, 2.05) is 0 Å². The molecule has 0 saturated carbocycles. The van der Waals surface area contributed by atoms with Gasteiger partial charge in [-0.05, 0) is 44.9 Å². The summed E-state index contributed by atoms with van der Waals surface area (Å²) in [5.74, 6) is 0.824. The van der Waals surface area contributed by atoms with Crippen LogP contribution >= 0.6 is 0 Å². The molecule has 0 unspecified atom stereocenters. The van der Waals surface area contributed by atoms with Crippen molar-refractivity contribution in [3.8, 4) is 0 Å². The second-order valence-electron chi connectivity index (χ2n) is 5.56. The second-order valence-corrected chi connectivity index (χ2v) is 5.56. The van der Waals surface area contributed by atoms with Crippen molar-refractivity contribution in [1.29, 1.82) is 0 Å². The van der Waals surface area contributed by atoms with E-state index in [0.29, 0.717) is 0 Å². The molecule has 102 valence electrons. The van der Waals surface area contributed by atoms with Crippen molar-refractivity contribution in [1.82, 2.24) is 15.1 Å². The first-order chi connectivity index (χ1) is 8.22. The molecule has 1 N–H and O–H groups in total. The van der Waals surface area contributed by atoms with Gasteiger partial charge in [0.15, 0.2) is 0 Å². The highest BCUT2D eigenvalue weighted by Crippen LogP contribution is 2.01. The Hall–Kier alpha value is -0.120. The van der Waals surface area contributed by atoms with Crippen LogP contribution in [-0.4, -0.2) is 62.2 Å². The smallest absolute Gasteiger partial charge is 0.0110 e. The van der Waals surface area contributed by atoms with Gasteiger partial charge in [-0.15, -0.1) is 0 Å². The minimum atomic E-state index is 0.824. The Balaban J connectivity index is 1.90. The van der Waals surface area contributed by atoms with Crippen LogP contribution < -0.4 is 5.32 Å². The molecule has 1 aliphatic rings. The van der Waals surface area contributed by atoms with Crippen LogP contribution in [0.15, 0.2) is 0 Å². The summed E-state index contributed by atoms with van der Waals surface area (Å²) in [6.45, 7) is 16.7. The summed E-state index contributed by atoms with van der Waals surface area (Å²) in [4.78, 5) is 5.15. The number of likely N-dealkylation sites (N-methyl/N-ethyl adjacent to an activating group) is 1. The number of piperazine rings is 1. The molecule has 0 radical (unpaired) electrons. The predicted octanol–water partition coefficient (Wildman–Crippen LogP) is 1.65. The molecule has 17 heavy (non-hydrogen) atoms. The summed E-state index contributed by atoms with van der Waals surface area (Å²) in [5.41, 5.74) is 0. The van der Waals surface area contributed by atoms with Crippen molar-refractivity contribution in [2.45, 2.75) is 33.6 Å². The average molecular weight is 241 g/mol. The molecule has 0 bridgehead atoms. The average Bonchev–Trinajstić information content (AvgIpc) is 2.34. The fraction of sp³-hybridized carbons (Fsp3) is 1.00. The highest BCUT2D eigenvalue weighted by molar-refractivity contribution is 4.70. The maximum absolute atomic E-state index is 3.54. The molecule has 1 aliphatic heterocycles. The number of hydrogen-bond acceptors (Lipinski definition) is 3. The standard InChI is InChI=1S/C14H31N3/c1-4-16-10-12-17(13-11-16)9-5-7-15-8-6-14(2)3/h14-15H,4-13H2,1-3H3. The zero-order chi connectivity index (χ0) is 12.5. The van der Waals surface area contributed by atoms with Gasteiger partial charge in [0.1, 0.15) is 0 Å². The van der Waals surface area contributed by atoms with Crippen LogP contribution in [0.4, 0.5) is 0 Å². The second kappa shape index (κ2) is 8.90. The fourth-order valence-corrected chi connectivity index (χ4v) is 2.27. The Bertz CT molecular complexity index is 174. The third-order valence-electron chi connectivity index (χ3n) is 3.64. The molecule has 0 aromatic heterocycles. The first kappa shape index (κ1) is 14.9. The molecule has 1 fully saturated rings. The van der Waals surface area contributed by atoms with E-state index in [2.05, 4.69) is 35.9 Å². The topological polar surface area (TPSA) is 18.5 Å². The van der Waals surface area contributed by atoms with Gasteiger partial charge >= 0.3 is 0 Å². The van der Waals surface area contributed by atoms with Gasteiger partial charge < -0.3 is 15.1 Å². The molecule has 0 aromatic rings. The molecule has 1 saturated heterocycles. The summed E-state index contributed by atoms with van der Waals surface area (Å²) in [5, 5.41) is 3.54. The van der Waals surface area contributed by atoms with E-state index in [-0.39, 0.29) is 0 Å². The quantitative estimate of drug-likeness (QED) is 0.652. The monoisotopic (exact) mass is 241 g/mol. The van der Waals surface area contributed by atoms with Gasteiger partial charge in [0.05, 0.1) is 0 Å². The minimum Gasteiger partial charge on any atom is -0.317 e. The van der Waals surface area contributed by atoms with Gasteiger partial charge in [0.25, 0.3) is 0 Å². The zero-order valence-electron chi connectivity index (χ0n) is 12.0. The highest BCUT2D eigenvalue weighted by atomic mass is 15.3. The van der Waals surface area contributed by atoms with Crippen molar-refractivity contribution in [2.24, 2.45) is 5.92 Å². The molecule has 1 rings (SSSR count). The number of hydrogen-bond donors (Lipinski definition) is 1. The molecule has 0 atom stereocenters. The molecule has 0 amide bonds. The van der Waals surface area contributed by atoms with Crippen molar-refractivity contribution in [2.75, 3.05) is 52.4 Å². The maximum Gasteiger partial charge on any atom is 0.0110 e. The summed E-state index contributed by atoms with van der Waals surface area (Å²) in [7, 11) is 0. The number of nitrogens with one attached hydrogen (secondary N) is 1. The fourth-order valence-electron chi connectivity index (χ4n) is 2.27. The summed E-state index contributed by atoms with van der Waals surface area (Å²) in [6.07, 6.45) is 2.60. The van der Waals surface area contributed by atoms with Gasteiger partial charge in [-0.2, -0.15) is 0 Å². The molecule has 1 heterocycles. The summed E-state index contributed by atoms with van der Waals surface area (Å²) < 4.78 is 0. The van der Waals surface area contributed by atoms with E-state index >= 15 is 0 Å². The third-order valence-corrected chi connectivity index (χ3v) is 3.64. The molecular weight excluding hydrogens is 210 g/mol. The van der Waals surface area contributed by atoms with Crippen LogP contribution in [0.5, 0.6) is 0 Å². The lowest BCUT2D eigenvalue weighted by Crippen LogP contribution is -2.46. The van der Waals surface area contributed by atoms with Crippen LogP contribution in [0.2, 0.25) is 0 Å². The van der Waals surface area contributed by atoms with Crippen LogP contribution in [0, 0.1) is 5.92 Å². The molecule has 0 aromatic carbocycles. The molecule has 3 heteroatoms. The van der Waals surface area contributed by atoms with Crippen LogP contribution in [-0.2, 0) is 0 Å². The normalized spacial score (nSPS) is 19.1. The van der Waals surface area contributed by atoms with E-state index in [9.17, 15) is 0 Å². The van der Waals surface area contributed by atoms with E-state index in [0.717, 1.165) is 5.92 Å². The third kappa shape index (κ3) is 7.02. The van der Waals surface area contributed by atoms with Gasteiger partial charge in [-0.25, -0.2) is 0 Å². The van der Waals surface area contributed by atoms with Crippen LogP contribution in [0.3, 0.4) is 0 Å². The van der Waals surface area contributed by atoms with E-state index in [1.165, 1.54) is 65.2 Å². The largest absolute Gasteiger partial charge is 0.317 e. The highest BCUT2D eigenvalue weighted by Gasteiger charge is 2.14. The van der Waals surface area contributed by atoms with Crippen molar-refractivity contribution < 1.29 is 0 Å². The van der Waals surface area contributed by atoms with Crippen LogP contribution in [0.25, 0.3) is 0 Å².